The van der Waals surface area contributed by atoms with Crippen LogP contribution >= 0.6 is 23.2 Å². The minimum absolute atomic E-state index is 0.00566. The smallest absolute Gasteiger partial charge is 0.233 e. The molecule has 0 bridgehead atoms. The van der Waals surface area contributed by atoms with Crippen LogP contribution in [0.3, 0.4) is 0 Å². The second kappa shape index (κ2) is 10.1. The molecule has 0 aliphatic rings. The summed E-state index contributed by atoms with van der Waals surface area (Å²) in [6, 6.07) is 13.9. The van der Waals surface area contributed by atoms with Gasteiger partial charge in [0.2, 0.25) is 15.9 Å². The average molecular weight is 441 g/mol. The van der Waals surface area contributed by atoms with E-state index in [-0.39, 0.29) is 24.9 Å². The highest BCUT2D eigenvalue weighted by Crippen LogP contribution is 2.29. The number of benzene rings is 2. The number of hydrogen-bond acceptors (Lipinski definition) is 3. The second-order valence-electron chi connectivity index (χ2n) is 6.25. The molecule has 0 aliphatic heterocycles. The van der Waals surface area contributed by atoms with Gasteiger partial charge in [-0.1, -0.05) is 59.6 Å². The maximum Gasteiger partial charge on any atom is 0.233 e. The van der Waals surface area contributed by atoms with E-state index in [1.807, 2.05) is 25.1 Å². The highest BCUT2D eigenvalue weighted by atomic mass is 35.5. The van der Waals surface area contributed by atoms with Crippen molar-refractivity contribution < 1.29 is 13.2 Å². The Bertz CT molecular complexity index is 947. The molecule has 0 spiro atoms. The fourth-order valence-electron chi connectivity index (χ4n) is 2.52. The average Bonchev–Trinajstić information content (AvgIpc) is 2.66. The van der Waals surface area contributed by atoms with Gasteiger partial charge in [-0.3, -0.25) is 4.79 Å². The number of nitrogens with one attached hydrogen (secondary N) is 1. The molecule has 0 radical (unpaired) electrons. The molecule has 0 saturated heterocycles. The van der Waals surface area contributed by atoms with Gasteiger partial charge in [0.25, 0.3) is 0 Å². The molecule has 1 amide bonds. The van der Waals surface area contributed by atoms with E-state index >= 15 is 0 Å². The molecule has 0 fully saturated rings. The van der Waals surface area contributed by atoms with Crippen molar-refractivity contribution in [1.82, 2.24) is 9.62 Å². The van der Waals surface area contributed by atoms with Crippen LogP contribution < -0.4 is 4.72 Å². The van der Waals surface area contributed by atoms with Gasteiger partial charge in [0, 0.05) is 35.5 Å². The van der Waals surface area contributed by atoms with Gasteiger partial charge in [0.15, 0.2) is 0 Å². The summed E-state index contributed by atoms with van der Waals surface area (Å²) in [5.74, 6) is -0.201. The van der Waals surface area contributed by atoms with Crippen LogP contribution in [-0.2, 0) is 14.8 Å². The summed E-state index contributed by atoms with van der Waals surface area (Å²) in [5, 5.41) is 2.09. The molecule has 2 aromatic carbocycles. The van der Waals surface area contributed by atoms with Crippen molar-refractivity contribution in [3.63, 3.8) is 0 Å². The van der Waals surface area contributed by atoms with Crippen molar-refractivity contribution in [2.24, 2.45) is 0 Å². The number of halogens is 2. The summed E-state index contributed by atoms with van der Waals surface area (Å²) in [7, 11) is -1.97. The lowest BCUT2D eigenvalue weighted by Gasteiger charge is -2.26. The van der Waals surface area contributed by atoms with Crippen molar-refractivity contribution in [1.29, 1.82) is 0 Å². The van der Waals surface area contributed by atoms with E-state index in [0.717, 1.165) is 16.5 Å². The highest BCUT2D eigenvalue weighted by molar-refractivity contribution is 7.92. The van der Waals surface area contributed by atoms with Crippen LogP contribution in [0.25, 0.3) is 6.08 Å². The molecule has 28 heavy (non-hydrogen) atoms. The molecule has 8 heteroatoms. The summed E-state index contributed by atoms with van der Waals surface area (Å²) < 4.78 is 26.5. The Morgan fingerprint density at radius 1 is 1.18 bits per heavy atom. The fraction of sp³-hybridized carbons (Fsp3) is 0.250. The van der Waals surface area contributed by atoms with E-state index in [1.165, 1.54) is 11.0 Å². The van der Waals surface area contributed by atoms with Gasteiger partial charge in [0.05, 0.1) is 6.04 Å². The van der Waals surface area contributed by atoms with Gasteiger partial charge in [0.1, 0.15) is 0 Å². The first-order chi connectivity index (χ1) is 13.2. The van der Waals surface area contributed by atoms with Crippen LogP contribution in [0.1, 0.15) is 30.5 Å². The summed E-state index contributed by atoms with van der Waals surface area (Å²) in [6.07, 6.45) is 1.53. The highest BCUT2D eigenvalue weighted by Gasteiger charge is 2.20. The summed E-state index contributed by atoms with van der Waals surface area (Å²) in [6.45, 7) is 1.85. The number of carbonyl (C=O) groups is 1. The summed E-state index contributed by atoms with van der Waals surface area (Å²) >= 11 is 12.1. The Labute approximate surface area is 176 Å². The van der Waals surface area contributed by atoms with E-state index < -0.39 is 10.0 Å². The fourth-order valence-corrected chi connectivity index (χ4v) is 3.91. The predicted molar refractivity (Wildman–Crippen MR) is 115 cm³/mol. The first-order valence-corrected chi connectivity index (χ1v) is 10.9. The minimum Gasteiger partial charge on any atom is -0.339 e. The summed E-state index contributed by atoms with van der Waals surface area (Å²) in [4.78, 5) is 13.9. The zero-order valence-corrected chi connectivity index (χ0v) is 17.9. The van der Waals surface area contributed by atoms with Crippen LogP contribution in [-0.4, -0.2) is 32.8 Å². The molecular weight excluding hydrogens is 419 g/mol. The van der Waals surface area contributed by atoms with Crippen LogP contribution in [0.4, 0.5) is 0 Å². The number of carbonyl (C=O) groups excluding carboxylic acids is 1. The zero-order valence-electron chi connectivity index (χ0n) is 15.6. The lowest BCUT2D eigenvalue weighted by atomic mass is 10.1. The van der Waals surface area contributed by atoms with Crippen LogP contribution in [0, 0.1) is 0 Å². The monoisotopic (exact) mass is 440 g/mol. The SMILES string of the molecule is CC(c1ccc(Cl)cc1Cl)N(C)C(=O)CCNS(=O)(=O)/C=C/c1ccccc1. The van der Waals surface area contributed by atoms with Crippen LogP contribution in [0.2, 0.25) is 10.0 Å². The van der Waals surface area contributed by atoms with Crippen molar-refractivity contribution >= 4 is 45.2 Å². The number of sulfonamides is 1. The van der Waals surface area contributed by atoms with Crippen molar-refractivity contribution in [2.75, 3.05) is 13.6 Å². The molecule has 1 atom stereocenters. The van der Waals surface area contributed by atoms with Gasteiger partial charge in [-0.05, 0) is 36.3 Å². The second-order valence-corrected chi connectivity index (χ2v) is 8.74. The van der Waals surface area contributed by atoms with E-state index in [4.69, 9.17) is 23.2 Å². The van der Waals surface area contributed by atoms with Crippen molar-refractivity contribution in [2.45, 2.75) is 19.4 Å². The van der Waals surface area contributed by atoms with Crippen LogP contribution in [0.15, 0.2) is 53.9 Å². The first kappa shape index (κ1) is 22.4. The minimum atomic E-state index is -3.62. The van der Waals surface area contributed by atoms with Gasteiger partial charge in [-0.15, -0.1) is 0 Å². The standard InChI is InChI=1S/C20H22Cl2N2O3S/c1-15(18-9-8-17(21)14-19(18)22)24(2)20(25)10-12-23-28(26,27)13-11-16-6-4-3-5-7-16/h3-9,11,13-15,23H,10,12H2,1-2H3/b13-11+. The van der Waals surface area contributed by atoms with Gasteiger partial charge in [-0.2, -0.15) is 0 Å². The van der Waals surface area contributed by atoms with Gasteiger partial charge >= 0.3 is 0 Å². The third-order valence-corrected chi connectivity index (χ3v) is 5.93. The maximum atomic E-state index is 12.4. The quantitative estimate of drug-likeness (QED) is 0.656. The number of nitrogens with zero attached hydrogens (tertiary/aromatic N) is 1. The van der Waals surface area contributed by atoms with Crippen molar-refractivity contribution in [3.05, 3.63) is 75.1 Å². The first-order valence-electron chi connectivity index (χ1n) is 8.63. The molecular formula is C20H22Cl2N2O3S. The normalized spacial score (nSPS) is 12.9. The number of amides is 1. The molecule has 0 heterocycles. The molecule has 0 saturated carbocycles. The molecule has 5 nitrogen and oxygen atoms in total. The zero-order chi connectivity index (χ0) is 20.7. The Morgan fingerprint density at radius 3 is 2.50 bits per heavy atom. The maximum absolute atomic E-state index is 12.4. The van der Waals surface area contributed by atoms with Gasteiger partial charge in [-0.25, -0.2) is 13.1 Å². The van der Waals surface area contributed by atoms with Gasteiger partial charge < -0.3 is 4.90 Å². The lowest BCUT2D eigenvalue weighted by Crippen LogP contribution is -2.33. The topological polar surface area (TPSA) is 66.5 Å². The van der Waals surface area contributed by atoms with E-state index in [0.29, 0.717) is 10.0 Å². The Kier molecular flexibility index (Phi) is 8.07. The molecule has 0 aliphatic carbocycles. The molecule has 1 unspecified atom stereocenters. The van der Waals surface area contributed by atoms with Crippen LogP contribution in [0.5, 0.6) is 0 Å². The van der Waals surface area contributed by atoms with E-state index in [9.17, 15) is 13.2 Å². The molecule has 2 aromatic rings. The molecule has 2 rings (SSSR count). The largest absolute Gasteiger partial charge is 0.339 e. The van der Waals surface area contributed by atoms with Crippen molar-refractivity contribution in [3.8, 4) is 0 Å². The predicted octanol–water partition coefficient (Wildman–Crippen LogP) is 4.49. The molecule has 0 aromatic heterocycles. The van der Waals surface area contributed by atoms with E-state index in [1.54, 1.807) is 37.4 Å². The van der Waals surface area contributed by atoms with E-state index in [2.05, 4.69) is 4.72 Å². The number of rotatable bonds is 8. The lowest BCUT2D eigenvalue weighted by molar-refractivity contribution is -0.131. The third kappa shape index (κ3) is 6.63. The third-order valence-electron chi connectivity index (χ3n) is 4.27. The molecule has 1 N–H and O–H groups in total. The Morgan fingerprint density at radius 2 is 1.86 bits per heavy atom. The Balaban J connectivity index is 1.89. The summed E-state index contributed by atoms with van der Waals surface area (Å²) in [5.41, 5.74) is 1.55. The molecule has 150 valence electrons. The number of hydrogen-bond donors (Lipinski definition) is 1. The Hall–Kier alpha value is -1.86.